The molecule has 2 N–H and O–H groups in total. The number of rotatable bonds is 6. The lowest BCUT2D eigenvalue weighted by Crippen LogP contribution is -2.08. The van der Waals surface area contributed by atoms with Gasteiger partial charge in [0.15, 0.2) is 5.16 Å². The van der Waals surface area contributed by atoms with Crippen molar-refractivity contribution in [1.82, 2.24) is 9.97 Å². The van der Waals surface area contributed by atoms with Crippen LogP contribution < -0.4 is 10.5 Å². The van der Waals surface area contributed by atoms with Crippen LogP contribution in [0.1, 0.15) is 22.4 Å². The highest BCUT2D eigenvalue weighted by atomic mass is 32.2. The number of hydrogen-bond acceptors (Lipinski definition) is 6. The highest BCUT2D eigenvalue weighted by molar-refractivity contribution is 7.98. The van der Waals surface area contributed by atoms with Gasteiger partial charge in [-0.3, -0.25) is 0 Å². The van der Waals surface area contributed by atoms with Gasteiger partial charge in [-0.2, -0.15) is 5.26 Å². The fourth-order valence-electron chi connectivity index (χ4n) is 2.35. The summed E-state index contributed by atoms with van der Waals surface area (Å²) in [5.41, 5.74) is 8.48. The molecule has 5 nitrogen and oxygen atoms in total. The number of thioether (sulfide) groups is 1. The minimum Gasteiger partial charge on any atom is -0.487 e. The van der Waals surface area contributed by atoms with Crippen LogP contribution in [0.4, 0.5) is 10.2 Å². The van der Waals surface area contributed by atoms with Crippen molar-refractivity contribution in [2.75, 3.05) is 5.73 Å². The van der Waals surface area contributed by atoms with E-state index in [4.69, 9.17) is 10.5 Å². The van der Waals surface area contributed by atoms with Crippen molar-refractivity contribution < 1.29 is 9.13 Å². The van der Waals surface area contributed by atoms with Crippen molar-refractivity contribution in [1.29, 1.82) is 5.26 Å². The molecule has 0 fully saturated rings. The van der Waals surface area contributed by atoms with E-state index in [9.17, 15) is 9.65 Å². The van der Waals surface area contributed by atoms with E-state index < -0.39 is 0 Å². The third-order valence-corrected chi connectivity index (χ3v) is 4.68. The van der Waals surface area contributed by atoms with Gasteiger partial charge >= 0.3 is 0 Å². The van der Waals surface area contributed by atoms with E-state index in [1.807, 2.05) is 43.3 Å². The second-order valence-electron chi connectivity index (χ2n) is 5.85. The summed E-state index contributed by atoms with van der Waals surface area (Å²) < 4.78 is 19.0. The molecule has 0 saturated carbocycles. The summed E-state index contributed by atoms with van der Waals surface area (Å²) in [6.07, 6.45) is 0. The summed E-state index contributed by atoms with van der Waals surface area (Å²) >= 11 is 1.32. The van der Waals surface area contributed by atoms with Gasteiger partial charge < -0.3 is 10.5 Å². The van der Waals surface area contributed by atoms with E-state index >= 15 is 0 Å². The predicted molar refractivity (Wildman–Crippen MR) is 103 cm³/mol. The van der Waals surface area contributed by atoms with Gasteiger partial charge in [0.25, 0.3) is 0 Å². The van der Waals surface area contributed by atoms with Crippen LogP contribution in [0.2, 0.25) is 0 Å². The standard InChI is InChI=1S/C20H17FN4OS/c1-13-5-7-16(8-6-13)26-11-18-17(10-22)19(23)25-20(24-18)27-12-14-3-2-4-15(21)9-14/h2-9H,11-12H2,1H3,(H2,23,24,25). The van der Waals surface area contributed by atoms with Crippen LogP contribution in [0.5, 0.6) is 5.75 Å². The Balaban J connectivity index is 1.76. The number of halogens is 1. The molecule has 0 atom stereocenters. The van der Waals surface area contributed by atoms with Crippen LogP contribution in [0.3, 0.4) is 0 Å². The summed E-state index contributed by atoms with van der Waals surface area (Å²) in [5.74, 6) is 0.981. The highest BCUT2D eigenvalue weighted by Gasteiger charge is 2.14. The normalized spacial score (nSPS) is 10.4. The topological polar surface area (TPSA) is 84.8 Å². The van der Waals surface area contributed by atoms with Crippen LogP contribution in [0, 0.1) is 24.1 Å². The van der Waals surface area contributed by atoms with Gasteiger partial charge in [-0.25, -0.2) is 14.4 Å². The number of anilines is 1. The molecule has 0 saturated heterocycles. The van der Waals surface area contributed by atoms with Crippen molar-refractivity contribution in [3.05, 3.63) is 76.7 Å². The number of nitriles is 1. The van der Waals surface area contributed by atoms with Crippen LogP contribution in [0.15, 0.2) is 53.7 Å². The van der Waals surface area contributed by atoms with Crippen LogP contribution in [-0.4, -0.2) is 9.97 Å². The lowest BCUT2D eigenvalue weighted by Gasteiger charge is -2.10. The molecule has 2 aromatic carbocycles. The monoisotopic (exact) mass is 380 g/mol. The van der Waals surface area contributed by atoms with Crippen LogP contribution in [0.25, 0.3) is 0 Å². The molecule has 1 heterocycles. The fourth-order valence-corrected chi connectivity index (χ4v) is 3.17. The molecule has 3 aromatic rings. The second kappa shape index (κ2) is 8.52. The average molecular weight is 380 g/mol. The Labute approximate surface area is 161 Å². The van der Waals surface area contributed by atoms with E-state index in [0.717, 1.165) is 11.1 Å². The second-order valence-corrected chi connectivity index (χ2v) is 6.79. The minimum absolute atomic E-state index is 0.103. The van der Waals surface area contributed by atoms with E-state index in [1.165, 1.54) is 23.9 Å². The van der Waals surface area contributed by atoms with Crippen molar-refractivity contribution >= 4 is 17.6 Å². The van der Waals surface area contributed by atoms with Gasteiger partial charge in [0, 0.05) is 5.75 Å². The minimum atomic E-state index is -0.291. The Morgan fingerprint density at radius 2 is 1.96 bits per heavy atom. The smallest absolute Gasteiger partial charge is 0.190 e. The SMILES string of the molecule is Cc1ccc(OCc2nc(SCc3cccc(F)c3)nc(N)c2C#N)cc1. The first-order valence-corrected chi connectivity index (χ1v) is 9.17. The Morgan fingerprint density at radius 1 is 1.19 bits per heavy atom. The van der Waals surface area contributed by atoms with E-state index in [2.05, 4.69) is 9.97 Å². The van der Waals surface area contributed by atoms with Crippen LogP contribution >= 0.6 is 11.8 Å². The molecule has 27 heavy (non-hydrogen) atoms. The molecule has 7 heteroatoms. The third-order valence-electron chi connectivity index (χ3n) is 3.76. The predicted octanol–water partition coefficient (Wildman–Crippen LogP) is 4.25. The number of nitrogens with zero attached hydrogens (tertiary/aromatic N) is 3. The molecular weight excluding hydrogens is 363 g/mol. The van der Waals surface area contributed by atoms with Gasteiger partial charge in [0.05, 0.1) is 0 Å². The fraction of sp³-hybridized carbons (Fsp3) is 0.150. The summed E-state index contributed by atoms with van der Waals surface area (Å²) in [7, 11) is 0. The molecule has 0 aliphatic rings. The Hall–Kier alpha value is -3.11. The van der Waals surface area contributed by atoms with Crippen LogP contribution in [-0.2, 0) is 12.4 Å². The van der Waals surface area contributed by atoms with Gasteiger partial charge in [0.1, 0.15) is 41.3 Å². The molecule has 0 bridgehead atoms. The molecule has 1 aromatic heterocycles. The van der Waals surface area contributed by atoms with Crippen molar-refractivity contribution in [2.24, 2.45) is 0 Å². The Morgan fingerprint density at radius 3 is 2.67 bits per heavy atom. The molecule has 136 valence electrons. The summed E-state index contributed by atoms with van der Waals surface area (Å²) in [5, 5.41) is 9.76. The average Bonchev–Trinajstić information content (AvgIpc) is 2.66. The first-order valence-electron chi connectivity index (χ1n) is 8.18. The number of nitrogens with two attached hydrogens (primary N) is 1. The lowest BCUT2D eigenvalue weighted by molar-refractivity contribution is 0.299. The molecule has 0 amide bonds. The highest BCUT2D eigenvalue weighted by Crippen LogP contribution is 2.24. The lowest BCUT2D eigenvalue weighted by atomic mass is 10.2. The largest absolute Gasteiger partial charge is 0.487 e. The van der Waals surface area contributed by atoms with E-state index in [1.54, 1.807) is 6.07 Å². The molecule has 0 aliphatic carbocycles. The number of hydrogen-bond donors (Lipinski definition) is 1. The quantitative estimate of drug-likeness (QED) is 0.508. The molecule has 3 rings (SSSR count). The number of benzene rings is 2. The maximum atomic E-state index is 13.3. The van der Waals surface area contributed by atoms with Crippen molar-refractivity contribution in [3.63, 3.8) is 0 Å². The first kappa shape index (κ1) is 18.7. The van der Waals surface area contributed by atoms with Gasteiger partial charge in [0.2, 0.25) is 0 Å². The van der Waals surface area contributed by atoms with Gasteiger partial charge in [-0.15, -0.1) is 0 Å². The third kappa shape index (κ3) is 4.96. The molecule has 0 spiro atoms. The molecular formula is C20H17FN4OS. The van der Waals surface area contributed by atoms with Crippen molar-refractivity contribution in [2.45, 2.75) is 24.4 Å². The summed E-state index contributed by atoms with van der Waals surface area (Å²) in [6.45, 7) is 2.09. The summed E-state index contributed by atoms with van der Waals surface area (Å²) in [4.78, 5) is 8.57. The maximum Gasteiger partial charge on any atom is 0.190 e. The Kier molecular flexibility index (Phi) is 5.89. The number of ether oxygens (including phenoxy) is 1. The van der Waals surface area contributed by atoms with Gasteiger partial charge in [-0.1, -0.05) is 41.6 Å². The van der Waals surface area contributed by atoms with Gasteiger partial charge in [-0.05, 0) is 36.8 Å². The van der Waals surface area contributed by atoms with E-state index in [0.29, 0.717) is 22.4 Å². The number of aromatic nitrogens is 2. The van der Waals surface area contributed by atoms with Crippen molar-refractivity contribution in [3.8, 4) is 11.8 Å². The zero-order chi connectivity index (χ0) is 19.2. The molecule has 0 aliphatic heterocycles. The maximum absolute atomic E-state index is 13.3. The van der Waals surface area contributed by atoms with E-state index in [-0.39, 0.29) is 23.8 Å². The first-order chi connectivity index (χ1) is 13.0. The number of aryl methyl sites for hydroxylation is 1. The summed E-state index contributed by atoms with van der Waals surface area (Å²) in [6, 6.07) is 15.9. The zero-order valence-electron chi connectivity index (χ0n) is 14.6. The zero-order valence-corrected chi connectivity index (χ0v) is 15.5. The molecule has 0 radical (unpaired) electrons. The number of nitrogen functional groups attached to an aromatic ring is 1. The Bertz CT molecular complexity index is 986. The molecule has 0 unspecified atom stereocenters.